The Morgan fingerprint density at radius 1 is 1.41 bits per heavy atom. The Morgan fingerprint density at radius 2 is 2.00 bits per heavy atom. The molecule has 94 valence electrons. The number of hydrogen-bond donors (Lipinski definition) is 2. The predicted octanol–water partition coefficient (Wildman–Crippen LogP) is 2.62. The van der Waals surface area contributed by atoms with Gasteiger partial charge in [-0.15, -0.1) is 0 Å². The van der Waals surface area contributed by atoms with Crippen molar-refractivity contribution < 1.29 is 23.1 Å². The second-order valence-electron chi connectivity index (χ2n) is 3.69. The van der Waals surface area contributed by atoms with Crippen molar-refractivity contribution in [3.8, 4) is 0 Å². The molecule has 0 bridgehead atoms. The largest absolute Gasteiger partial charge is 0.478 e. The number of aromatic carboxylic acids is 1. The standard InChI is InChI=1S/C10H11F3N2O2/c1-5(2)14-8-6(9(16)17)3-4-7(15-8)10(11,12)13/h3-5H,1-2H3,(H,14,15)(H,16,17). The van der Waals surface area contributed by atoms with Crippen molar-refractivity contribution in [1.29, 1.82) is 0 Å². The molecule has 0 saturated heterocycles. The van der Waals surface area contributed by atoms with Crippen molar-refractivity contribution in [3.05, 3.63) is 23.4 Å². The maximum Gasteiger partial charge on any atom is 0.433 e. The minimum absolute atomic E-state index is 0.218. The Bertz CT molecular complexity index is 430. The van der Waals surface area contributed by atoms with Crippen molar-refractivity contribution in [1.82, 2.24) is 4.98 Å². The van der Waals surface area contributed by atoms with Gasteiger partial charge in [-0.05, 0) is 26.0 Å². The van der Waals surface area contributed by atoms with Crippen LogP contribution < -0.4 is 5.32 Å². The lowest BCUT2D eigenvalue weighted by atomic mass is 10.2. The molecule has 2 N–H and O–H groups in total. The molecule has 0 aliphatic rings. The molecule has 0 amide bonds. The fraction of sp³-hybridized carbons (Fsp3) is 0.400. The van der Waals surface area contributed by atoms with E-state index < -0.39 is 17.8 Å². The third kappa shape index (κ3) is 3.33. The number of anilines is 1. The van der Waals surface area contributed by atoms with Gasteiger partial charge in [0, 0.05) is 6.04 Å². The summed E-state index contributed by atoms with van der Waals surface area (Å²) in [4.78, 5) is 14.1. The van der Waals surface area contributed by atoms with Gasteiger partial charge in [0.1, 0.15) is 17.1 Å². The molecule has 17 heavy (non-hydrogen) atoms. The molecular weight excluding hydrogens is 237 g/mol. The highest BCUT2D eigenvalue weighted by atomic mass is 19.4. The zero-order valence-electron chi connectivity index (χ0n) is 9.17. The smallest absolute Gasteiger partial charge is 0.433 e. The van der Waals surface area contributed by atoms with Crippen LogP contribution in [-0.4, -0.2) is 22.1 Å². The SMILES string of the molecule is CC(C)Nc1nc(C(F)(F)F)ccc1C(=O)O. The number of halogens is 3. The first kappa shape index (κ1) is 13.3. The van der Waals surface area contributed by atoms with Crippen LogP contribution in [0.15, 0.2) is 12.1 Å². The maximum atomic E-state index is 12.4. The number of carboxylic acid groups (broad SMARTS) is 1. The summed E-state index contributed by atoms with van der Waals surface area (Å²) in [5.74, 6) is -1.60. The summed E-state index contributed by atoms with van der Waals surface area (Å²) in [5.41, 5.74) is -1.41. The van der Waals surface area contributed by atoms with E-state index in [1.807, 2.05) is 0 Å². The first-order chi connectivity index (χ1) is 7.71. The van der Waals surface area contributed by atoms with E-state index in [0.29, 0.717) is 6.07 Å². The summed E-state index contributed by atoms with van der Waals surface area (Å²) < 4.78 is 37.2. The molecule has 1 rings (SSSR count). The lowest BCUT2D eigenvalue weighted by Crippen LogP contribution is -2.18. The van der Waals surface area contributed by atoms with Crippen LogP contribution in [0.3, 0.4) is 0 Å². The van der Waals surface area contributed by atoms with Crippen LogP contribution in [0.1, 0.15) is 29.9 Å². The summed E-state index contributed by atoms with van der Waals surface area (Å²) in [5, 5.41) is 11.4. The van der Waals surface area contributed by atoms with Crippen LogP contribution in [0, 0.1) is 0 Å². The third-order valence-corrected chi connectivity index (χ3v) is 1.84. The number of nitrogens with one attached hydrogen (secondary N) is 1. The number of nitrogens with zero attached hydrogens (tertiary/aromatic N) is 1. The fourth-order valence-electron chi connectivity index (χ4n) is 1.17. The number of alkyl halides is 3. The van der Waals surface area contributed by atoms with Crippen LogP contribution in [0.25, 0.3) is 0 Å². The summed E-state index contributed by atoms with van der Waals surface area (Å²) in [7, 11) is 0. The lowest BCUT2D eigenvalue weighted by Gasteiger charge is -2.14. The summed E-state index contributed by atoms with van der Waals surface area (Å²) in [6.45, 7) is 3.35. The average molecular weight is 248 g/mol. The molecule has 0 aliphatic heterocycles. The Labute approximate surface area is 95.5 Å². The van der Waals surface area contributed by atoms with Gasteiger partial charge in [-0.2, -0.15) is 13.2 Å². The minimum atomic E-state index is -4.59. The minimum Gasteiger partial charge on any atom is -0.478 e. The number of pyridine rings is 1. The number of carboxylic acids is 1. The van der Waals surface area contributed by atoms with E-state index in [2.05, 4.69) is 10.3 Å². The quantitative estimate of drug-likeness (QED) is 0.863. The molecule has 0 spiro atoms. The molecule has 1 aromatic rings. The second-order valence-corrected chi connectivity index (χ2v) is 3.69. The van der Waals surface area contributed by atoms with Gasteiger partial charge in [-0.25, -0.2) is 9.78 Å². The number of aromatic nitrogens is 1. The van der Waals surface area contributed by atoms with E-state index in [1.54, 1.807) is 13.8 Å². The molecule has 0 unspecified atom stereocenters. The number of hydrogen-bond acceptors (Lipinski definition) is 3. The van der Waals surface area contributed by atoms with E-state index in [-0.39, 0.29) is 17.4 Å². The summed E-state index contributed by atoms with van der Waals surface area (Å²) in [6, 6.07) is 1.32. The van der Waals surface area contributed by atoms with E-state index in [1.165, 1.54) is 0 Å². The van der Waals surface area contributed by atoms with Gasteiger partial charge in [-0.3, -0.25) is 0 Å². The van der Waals surface area contributed by atoms with Gasteiger partial charge in [-0.1, -0.05) is 0 Å². The van der Waals surface area contributed by atoms with Crippen molar-refractivity contribution in [2.24, 2.45) is 0 Å². The van der Waals surface area contributed by atoms with Crippen molar-refractivity contribution in [3.63, 3.8) is 0 Å². The Morgan fingerprint density at radius 3 is 2.41 bits per heavy atom. The topological polar surface area (TPSA) is 62.2 Å². The summed E-state index contributed by atoms with van der Waals surface area (Å²) in [6.07, 6.45) is -4.59. The zero-order valence-corrected chi connectivity index (χ0v) is 9.17. The lowest BCUT2D eigenvalue weighted by molar-refractivity contribution is -0.141. The van der Waals surface area contributed by atoms with Crippen LogP contribution in [0.5, 0.6) is 0 Å². The van der Waals surface area contributed by atoms with Gasteiger partial charge >= 0.3 is 12.1 Å². The monoisotopic (exact) mass is 248 g/mol. The normalized spacial score (nSPS) is 11.6. The molecule has 4 nitrogen and oxygen atoms in total. The molecular formula is C10H11F3N2O2. The Balaban J connectivity index is 3.24. The van der Waals surface area contributed by atoms with Crippen LogP contribution in [0.4, 0.5) is 19.0 Å². The molecule has 0 atom stereocenters. The van der Waals surface area contributed by atoms with Crippen molar-refractivity contribution >= 4 is 11.8 Å². The zero-order chi connectivity index (χ0) is 13.2. The van der Waals surface area contributed by atoms with Gasteiger partial charge in [0.25, 0.3) is 0 Å². The van der Waals surface area contributed by atoms with E-state index >= 15 is 0 Å². The van der Waals surface area contributed by atoms with Gasteiger partial charge in [0.2, 0.25) is 0 Å². The Kier molecular flexibility index (Phi) is 3.59. The van der Waals surface area contributed by atoms with E-state index in [0.717, 1.165) is 6.07 Å². The van der Waals surface area contributed by atoms with Gasteiger partial charge in [0.15, 0.2) is 0 Å². The van der Waals surface area contributed by atoms with Crippen LogP contribution in [-0.2, 0) is 6.18 Å². The number of rotatable bonds is 3. The molecule has 7 heteroatoms. The maximum absolute atomic E-state index is 12.4. The van der Waals surface area contributed by atoms with Gasteiger partial charge < -0.3 is 10.4 Å². The van der Waals surface area contributed by atoms with Crippen LogP contribution in [0.2, 0.25) is 0 Å². The first-order valence-electron chi connectivity index (χ1n) is 4.80. The summed E-state index contributed by atoms with van der Waals surface area (Å²) >= 11 is 0. The molecule has 0 radical (unpaired) electrons. The average Bonchev–Trinajstić information content (AvgIpc) is 2.14. The predicted molar refractivity (Wildman–Crippen MR) is 55.0 cm³/mol. The van der Waals surface area contributed by atoms with Crippen molar-refractivity contribution in [2.75, 3.05) is 5.32 Å². The fourth-order valence-corrected chi connectivity index (χ4v) is 1.17. The molecule has 1 aromatic heterocycles. The molecule has 0 aliphatic carbocycles. The molecule has 0 fully saturated rings. The highest BCUT2D eigenvalue weighted by molar-refractivity contribution is 5.93. The molecule has 1 heterocycles. The third-order valence-electron chi connectivity index (χ3n) is 1.84. The molecule has 0 saturated carbocycles. The first-order valence-corrected chi connectivity index (χ1v) is 4.80. The second kappa shape index (κ2) is 4.60. The molecule has 0 aromatic carbocycles. The highest BCUT2D eigenvalue weighted by Crippen LogP contribution is 2.29. The van der Waals surface area contributed by atoms with E-state index in [4.69, 9.17) is 5.11 Å². The number of carbonyl (C=O) groups is 1. The van der Waals surface area contributed by atoms with Crippen LogP contribution >= 0.6 is 0 Å². The van der Waals surface area contributed by atoms with Gasteiger partial charge in [0.05, 0.1) is 0 Å². The van der Waals surface area contributed by atoms with E-state index in [9.17, 15) is 18.0 Å². The van der Waals surface area contributed by atoms with Crippen molar-refractivity contribution in [2.45, 2.75) is 26.1 Å². The highest BCUT2D eigenvalue weighted by Gasteiger charge is 2.33. The Hall–Kier alpha value is -1.79.